The van der Waals surface area contributed by atoms with E-state index in [2.05, 4.69) is 43.5 Å². The van der Waals surface area contributed by atoms with Gasteiger partial charge in [0.25, 0.3) is 0 Å². The molecule has 0 saturated carbocycles. The lowest BCUT2D eigenvalue weighted by Crippen LogP contribution is -2.42. The van der Waals surface area contributed by atoms with Crippen molar-refractivity contribution in [1.29, 1.82) is 0 Å². The summed E-state index contributed by atoms with van der Waals surface area (Å²) in [6.45, 7) is 7.44. The fourth-order valence-corrected chi connectivity index (χ4v) is 2.24. The number of amides is 2. The molecular weight excluding hydrogens is 272 g/mol. The summed E-state index contributed by atoms with van der Waals surface area (Å²) in [5.74, 6) is 0. The Morgan fingerprint density at radius 3 is 2.23 bits per heavy atom. The van der Waals surface area contributed by atoms with Crippen LogP contribution < -0.4 is 10.6 Å². The number of hydrogen-bond acceptors (Lipinski definition) is 1. The highest BCUT2D eigenvalue weighted by Gasteiger charge is 2.20. The van der Waals surface area contributed by atoms with Crippen LogP contribution in [0.2, 0.25) is 0 Å². The Bertz CT molecular complexity index is 603. The second-order valence-electron chi connectivity index (χ2n) is 6.27. The molecule has 2 aromatic rings. The molecule has 0 aromatic heterocycles. The standard InChI is InChI=1S/C19H24N2O/c1-15-9-11-16(12-10-15)13-20-18(22)21-14-19(2,3)17-7-5-4-6-8-17/h4-12H,13-14H2,1-3H3,(H2,20,21,22). The first-order valence-electron chi connectivity index (χ1n) is 7.60. The number of carbonyl (C=O) groups excluding carboxylic acids is 1. The van der Waals surface area contributed by atoms with E-state index in [1.807, 2.05) is 42.5 Å². The minimum Gasteiger partial charge on any atom is -0.337 e. The van der Waals surface area contributed by atoms with Gasteiger partial charge in [-0.1, -0.05) is 74.0 Å². The molecule has 0 heterocycles. The number of aryl methyl sites for hydroxylation is 1. The fourth-order valence-electron chi connectivity index (χ4n) is 2.24. The van der Waals surface area contributed by atoms with Gasteiger partial charge in [-0.15, -0.1) is 0 Å². The Morgan fingerprint density at radius 2 is 1.59 bits per heavy atom. The molecule has 2 rings (SSSR count). The molecule has 0 aliphatic rings. The van der Waals surface area contributed by atoms with Crippen molar-refractivity contribution in [1.82, 2.24) is 10.6 Å². The smallest absolute Gasteiger partial charge is 0.315 e. The molecule has 3 heteroatoms. The molecule has 22 heavy (non-hydrogen) atoms. The van der Waals surface area contributed by atoms with Gasteiger partial charge in [-0.2, -0.15) is 0 Å². The van der Waals surface area contributed by atoms with Crippen molar-refractivity contribution < 1.29 is 4.79 Å². The molecule has 2 amide bonds. The number of benzene rings is 2. The molecule has 0 atom stereocenters. The maximum Gasteiger partial charge on any atom is 0.315 e. The van der Waals surface area contributed by atoms with E-state index < -0.39 is 0 Å². The molecule has 0 unspecified atom stereocenters. The Morgan fingerprint density at radius 1 is 0.955 bits per heavy atom. The van der Waals surface area contributed by atoms with Crippen LogP contribution in [-0.2, 0) is 12.0 Å². The Balaban J connectivity index is 1.81. The number of urea groups is 1. The summed E-state index contributed by atoms with van der Waals surface area (Å²) in [4.78, 5) is 11.9. The highest BCUT2D eigenvalue weighted by atomic mass is 16.2. The van der Waals surface area contributed by atoms with Crippen LogP contribution in [0.1, 0.15) is 30.5 Å². The lowest BCUT2D eigenvalue weighted by Gasteiger charge is -2.25. The molecule has 2 N–H and O–H groups in total. The minimum atomic E-state index is -0.135. The van der Waals surface area contributed by atoms with Gasteiger partial charge in [-0.3, -0.25) is 0 Å². The average molecular weight is 296 g/mol. The summed E-state index contributed by atoms with van der Waals surface area (Å²) in [5.41, 5.74) is 3.44. The maximum absolute atomic E-state index is 11.9. The predicted octanol–water partition coefficient (Wildman–Crippen LogP) is 3.77. The quantitative estimate of drug-likeness (QED) is 0.866. The molecule has 0 saturated heterocycles. The van der Waals surface area contributed by atoms with Crippen molar-refractivity contribution in [2.45, 2.75) is 32.7 Å². The Hall–Kier alpha value is -2.29. The third-order valence-corrected chi connectivity index (χ3v) is 3.82. The SMILES string of the molecule is Cc1ccc(CNC(=O)NCC(C)(C)c2ccccc2)cc1. The van der Waals surface area contributed by atoms with Gasteiger partial charge in [-0.05, 0) is 18.1 Å². The van der Waals surface area contributed by atoms with E-state index in [0.717, 1.165) is 5.56 Å². The van der Waals surface area contributed by atoms with Gasteiger partial charge in [0.1, 0.15) is 0 Å². The van der Waals surface area contributed by atoms with Crippen LogP contribution in [0.25, 0.3) is 0 Å². The van der Waals surface area contributed by atoms with Crippen LogP contribution in [0.4, 0.5) is 4.79 Å². The number of hydrogen-bond donors (Lipinski definition) is 2. The highest BCUT2D eigenvalue weighted by molar-refractivity contribution is 5.74. The fraction of sp³-hybridized carbons (Fsp3) is 0.316. The summed E-state index contributed by atoms with van der Waals surface area (Å²) < 4.78 is 0. The number of carbonyl (C=O) groups is 1. The van der Waals surface area contributed by atoms with E-state index in [-0.39, 0.29) is 11.4 Å². The summed E-state index contributed by atoms with van der Waals surface area (Å²) in [6, 6.07) is 18.3. The van der Waals surface area contributed by atoms with Crippen molar-refractivity contribution in [3.05, 3.63) is 71.3 Å². The lowest BCUT2D eigenvalue weighted by molar-refractivity contribution is 0.238. The molecule has 0 bridgehead atoms. The summed E-state index contributed by atoms with van der Waals surface area (Å²) in [7, 11) is 0. The predicted molar refractivity (Wildman–Crippen MR) is 90.9 cm³/mol. The molecule has 0 aliphatic heterocycles. The van der Waals surface area contributed by atoms with Gasteiger partial charge >= 0.3 is 6.03 Å². The lowest BCUT2D eigenvalue weighted by atomic mass is 9.85. The minimum absolute atomic E-state index is 0.0948. The van der Waals surface area contributed by atoms with Crippen molar-refractivity contribution >= 4 is 6.03 Å². The molecule has 0 radical (unpaired) electrons. The van der Waals surface area contributed by atoms with Crippen LogP contribution in [0.3, 0.4) is 0 Å². The third-order valence-electron chi connectivity index (χ3n) is 3.82. The van der Waals surface area contributed by atoms with E-state index >= 15 is 0 Å². The average Bonchev–Trinajstić information content (AvgIpc) is 2.53. The van der Waals surface area contributed by atoms with E-state index in [9.17, 15) is 4.79 Å². The largest absolute Gasteiger partial charge is 0.337 e. The van der Waals surface area contributed by atoms with E-state index in [1.54, 1.807) is 0 Å². The van der Waals surface area contributed by atoms with Crippen LogP contribution >= 0.6 is 0 Å². The van der Waals surface area contributed by atoms with Crippen LogP contribution in [0.15, 0.2) is 54.6 Å². The second kappa shape index (κ2) is 7.12. The van der Waals surface area contributed by atoms with E-state index in [1.165, 1.54) is 11.1 Å². The summed E-state index contributed by atoms with van der Waals surface area (Å²) in [5, 5.41) is 5.85. The van der Waals surface area contributed by atoms with Crippen molar-refractivity contribution in [2.24, 2.45) is 0 Å². The molecule has 0 fully saturated rings. The zero-order valence-electron chi connectivity index (χ0n) is 13.5. The van der Waals surface area contributed by atoms with Gasteiger partial charge in [0.15, 0.2) is 0 Å². The van der Waals surface area contributed by atoms with Gasteiger partial charge in [0, 0.05) is 18.5 Å². The van der Waals surface area contributed by atoms with Crippen molar-refractivity contribution in [2.75, 3.05) is 6.54 Å². The number of nitrogens with one attached hydrogen (secondary N) is 2. The van der Waals surface area contributed by atoms with E-state index in [4.69, 9.17) is 0 Å². The van der Waals surface area contributed by atoms with Gasteiger partial charge in [-0.25, -0.2) is 4.79 Å². The monoisotopic (exact) mass is 296 g/mol. The van der Waals surface area contributed by atoms with Crippen molar-refractivity contribution in [3.8, 4) is 0 Å². The Kier molecular flexibility index (Phi) is 5.21. The number of rotatable bonds is 5. The van der Waals surface area contributed by atoms with Crippen molar-refractivity contribution in [3.63, 3.8) is 0 Å². The molecule has 3 nitrogen and oxygen atoms in total. The Labute approximate surface area is 132 Å². The summed E-state index contributed by atoms with van der Waals surface area (Å²) in [6.07, 6.45) is 0. The topological polar surface area (TPSA) is 41.1 Å². The molecule has 0 aliphatic carbocycles. The summed E-state index contributed by atoms with van der Waals surface area (Å²) >= 11 is 0. The van der Waals surface area contributed by atoms with Gasteiger partial charge < -0.3 is 10.6 Å². The second-order valence-corrected chi connectivity index (χ2v) is 6.27. The zero-order chi connectivity index (χ0) is 16.0. The third kappa shape index (κ3) is 4.62. The van der Waals surface area contributed by atoms with Crippen LogP contribution in [0, 0.1) is 6.92 Å². The van der Waals surface area contributed by atoms with Gasteiger partial charge in [0.2, 0.25) is 0 Å². The zero-order valence-corrected chi connectivity index (χ0v) is 13.5. The molecule has 2 aromatic carbocycles. The van der Waals surface area contributed by atoms with Crippen LogP contribution in [0.5, 0.6) is 0 Å². The highest BCUT2D eigenvalue weighted by Crippen LogP contribution is 2.21. The molecule has 116 valence electrons. The molecular formula is C19H24N2O. The first-order valence-corrected chi connectivity index (χ1v) is 7.60. The normalized spacial score (nSPS) is 11.0. The first kappa shape index (κ1) is 16.1. The maximum atomic E-state index is 11.9. The van der Waals surface area contributed by atoms with Crippen LogP contribution in [-0.4, -0.2) is 12.6 Å². The van der Waals surface area contributed by atoms with Gasteiger partial charge in [0.05, 0.1) is 0 Å². The van der Waals surface area contributed by atoms with E-state index in [0.29, 0.717) is 13.1 Å². The first-order chi connectivity index (χ1) is 10.5. The molecule has 0 spiro atoms.